The predicted molar refractivity (Wildman–Crippen MR) is 141 cm³/mol. The summed E-state index contributed by atoms with van der Waals surface area (Å²) in [6, 6.07) is 20.2. The third-order valence-corrected chi connectivity index (χ3v) is 8.53. The average molecular weight is 491 g/mol. The smallest absolute Gasteiger partial charge is 0.264 e. The maximum absolute atomic E-state index is 13.6. The number of hydrogen-bond acceptors (Lipinski definition) is 3. The molecule has 1 N–H and O–H groups in total. The van der Waals surface area contributed by atoms with Gasteiger partial charge in [0.15, 0.2) is 0 Å². The second-order valence-electron chi connectivity index (χ2n) is 9.74. The summed E-state index contributed by atoms with van der Waals surface area (Å²) in [4.78, 5) is 13.3. The molecule has 1 amide bonds. The maximum atomic E-state index is 13.6. The van der Waals surface area contributed by atoms with Gasteiger partial charge in [0.2, 0.25) is 5.91 Å². The minimum absolute atomic E-state index is 0.163. The SMILES string of the molecule is Cc1ccc(S(=O)(=O)N(CC(=O)N[C@H](C)c2ccc3c(c2)CCC3)c2ccc(C(C)C)cc2)cc1. The van der Waals surface area contributed by atoms with Gasteiger partial charge in [-0.25, -0.2) is 8.42 Å². The van der Waals surface area contributed by atoms with E-state index in [-0.39, 0.29) is 23.4 Å². The number of carbonyl (C=O) groups excluding carboxylic acids is 1. The number of nitrogens with zero attached hydrogens (tertiary/aromatic N) is 1. The molecule has 6 heteroatoms. The highest BCUT2D eigenvalue weighted by Crippen LogP contribution is 2.27. The van der Waals surface area contributed by atoms with E-state index in [2.05, 4.69) is 37.4 Å². The lowest BCUT2D eigenvalue weighted by Crippen LogP contribution is -2.41. The van der Waals surface area contributed by atoms with Gasteiger partial charge in [-0.15, -0.1) is 0 Å². The number of fused-ring (bicyclic) bond motifs is 1. The Kier molecular flexibility index (Phi) is 7.31. The van der Waals surface area contributed by atoms with Crippen molar-refractivity contribution in [2.75, 3.05) is 10.8 Å². The first-order valence-corrected chi connectivity index (χ1v) is 13.7. The molecule has 4 rings (SSSR count). The zero-order valence-electron chi connectivity index (χ0n) is 20.9. The summed E-state index contributed by atoms with van der Waals surface area (Å²) in [6.07, 6.45) is 3.34. The second-order valence-corrected chi connectivity index (χ2v) is 11.6. The quantitative estimate of drug-likeness (QED) is 0.442. The highest BCUT2D eigenvalue weighted by atomic mass is 32.2. The fourth-order valence-corrected chi connectivity index (χ4v) is 5.96. The normalized spacial score (nSPS) is 14.0. The summed E-state index contributed by atoms with van der Waals surface area (Å²) in [5.74, 6) is -0.0238. The van der Waals surface area contributed by atoms with Crippen LogP contribution in [-0.2, 0) is 27.7 Å². The Morgan fingerprint density at radius 3 is 2.17 bits per heavy atom. The third kappa shape index (κ3) is 5.59. The van der Waals surface area contributed by atoms with E-state index in [1.807, 2.05) is 26.0 Å². The first-order valence-electron chi connectivity index (χ1n) is 12.3. The molecule has 0 spiro atoms. The van der Waals surface area contributed by atoms with Crippen molar-refractivity contribution in [1.82, 2.24) is 5.32 Å². The Labute approximate surface area is 209 Å². The lowest BCUT2D eigenvalue weighted by molar-refractivity contribution is -0.120. The fourth-order valence-electron chi connectivity index (χ4n) is 4.54. The fraction of sp³-hybridized carbons (Fsp3) is 0.345. The number of anilines is 1. The van der Waals surface area contributed by atoms with Gasteiger partial charge in [-0.1, -0.05) is 61.9 Å². The van der Waals surface area contributed by atoms with Crippen LogP contribution >= 0.6 is 0 Å². The molecule has 1 aliphatic rings. The topological polar surface area (TPSA) is 66.5 Å². The zero-order chi connectivity index (χ0) is 25.2. The molecule has 0 unspecified atom stereocenters. The van der Waals surface area contributed by atoms with Crippen LogP contribution in [0.4, 0.5) is 5.69 Å². The third-order valence-electron chi connectivity index (χ3n) is 6.74. The molecule has 0 heterocycles. The van der Waals surface area contributed by atoms with Crippen LogP contribution in [0.3, 0.4) is 0 Å². The van der Waals surface area contributed by atoms with E-state index >= 15 is 0 Å². The van der Waals surface area contributed by atoms with Crippen molar-refractivity contribution in [2.24, 2.45) is 0 Å². The Bertz CT molecular complexity index is 1300. The minimum Gasteiger partial charge on any atom is -0.348 e. The molecule has 0 fully saturated rings. The van der Waals surface area contributed by atoms with E-state index in [0.29, 0.717) is 11.6 Å². The lowest BCUT2D eigenvalue weighted by Gasteiger charge is -2.25. The van der Waals surface area contributed by atoms with Crippen LogP contribution in [0.15, 0.2) is 71.6 Å². The Balaban J connectivity index is 1.59. The van der Waals surface area contributed by atoms with E-state index in [1.54, 1.807) is 36.4 Å². The number of rotatable bonds is 8. The first-order chi connectivity index (χ1) is 16.6. The van der Waals surface area contributed by atoms with Crippen molar-refractivity contribution in [1.29, 1.82) is 0 Å². The van der Waals surface area contributed by atoms with Crippen LogP contribution in [0.2, 0.25) is 0 Å². The van der Waals surface area contributed by atoms with Crippen LogP contribution in [0.5, 0.6) is 0 Å². The second kappa shape index (κ2) is 10.2. The van der Waals surface area contributed by atoms with Crippen molar-refractivity contribution in [2.45, 2.75) is 63.8 Å². The molecule has 0 saturated carbocycles. The van der Waals surface area contributed by atoms with Gasteiger partial charge >= 0.3 is 0 Å². The Morgan fingerprint density at radius 1 is 0.886 bits per heavy atom. The van der Waals surface area contributed by atoms with Gasteiger partial charge in [0.1, 0.15) is 6.54 Å². The Hall–Kier alpha value is -3.12. The number of nitrogens with one attached hydrogen (secondary N) is 1. The van der Waals surface area contributed by atoms with E-state index in [0.717, 1.165) is 29.5 Å². The van der Waals surface area contributed by atoms with Gasteiger partial charge in [-0.3, -0.25) is 9.10 Å². The maximum Gasteiger partial charge on any atom is 0.264 e. The summed E-state index contributed by atoms with van der Waals surface area (Å²) >= 11 is 0. The van der Waals surface area contributed by atoms with E-state index in [1.165, 1.54) is 21.9 Å². The van der Waals surface area contributed by atoms with Gasteiger partial charge in [0.25, 0.3) is 10.0 Å². The number of hydrogen-bond donors (Lipinski definition) is 1. The van der Waals surface area contributed by atoms with E-state index < -0.39 is 10.0 Å². The van der Waals surface area contributed by atoms with Crippen LogP contribution in [0, 0.1) is 6.92 Å². The average Bonchev–Trinajstić information content (AvgIpc) is 3.31. The molecule has 0 saturated heterocycles. The molecule has 0 radical (unpaired) electrons. The van der Waals surface area contributed by atoms with Gasteiger partial charge < -0.3 is 5.32 Å². The number of amides is 1. The van der Waals surface area contributed by atoms with Gasteiger partial charge in [0.05, 0.1) is 16.6 Å². The summed E-state index contributed by atoms with van der Waals surface area (Å²) in [5, 5.41) is 3.00. The number of sulfonamides is 1. The molecular weight excluding hydrogens is 456 g/mol. The summed E-state index contributed by atoms with van der Waals surface area (Å²) < 4.78 is 28.5. The van der Waals surface area contributed by atoms with Gasteiger partial charge in [-0.05, 0) is 85.5 Å². The molecular formula is C29H34N2O3S. The van der Waals surface area contributed by atoms with Gasteiger partial charge in [0, 0.05) is 0 Å². The number of aryl methyl sites for hydroxylation is 3. The molecule has 3 aromatic rings. The molecule has 35 heavy (non-hydrogen) atoms. The van der Waals surface area contributed by atoms with Crippen LogP contribution in [0.25, 0.3) is 0 Å². The summed E-state index contributed by atoms with van der Waals surface area (Å²) in [5.41, 5.74) is 6.31. The van der Waals surface area contributed by atoms with Crippen molar-refractivity contribution in [3.63, 3.8) is 0 Å². The summed E-state index contributed by atoms with van der Waals surface area (Å²) in [6.45, 7) is 7.72. The van der Waals surface area contributed by atoms with Crippen molar-refractivity contribution in [3.05, 3.63) is 94.5 Å². The standard InChI is InChI=1S/C29H34N2O3S/c1-20(2)23-12-14-27(15-13-23)31(35(33,34)28-16-8-21(3)9-17-28)19-29(32)30-22(4)25-11-10-24-6-5-7-26(24)18-25/h8-18,20,22H,5-7,19H2,1-4H3,(H,30,32)/t22-/m1/s1. The molecule has 0 aliphatic heterocycles. The molecule has 0 aromatic heterocycles. The summed E-state index contributed by atoms with van der Waals surface area (Å²) in [7, 11) is -3.93. The lowest BCUT2D eigenvalue weighted by atomic mass is 10.0. The van der Waals surface area contributed by atoms with Gasteiger partial charge in [-0.2, -0.15) is 0 Å². The highest BCUT2D eigenvalue weighted by molar-refractivity contribution is 7.92. The number of carbonyl (C=O) groups is 1. The van der Waals surface area contributed by atoms with Crippen molar-refractivity contribution < 1.29 is 13.2 Å². The van der Waals surface area contributed by atoms with E-state index in [4.69, 9.17) is 0 Å². The first kappa shape index (κ1) is 25.0. The van der Waals surface area contributed by atoms with Crippen molar-refractivity contribution in [3.8, 4) is 0 Å². The minimum atomic E-state index is -3.93. The monoisotopic (exact) mass is 490 g/mol. The van der Waals surface area contributed by atoms with Crippen molar-refractivity contribution >= 4 is 21.6 Å². The zero-order valence-corrected chi connectivity index (χ0v) is 21.7. The molecule has 1 aliphatic carbocycles. The predicted octanol–water partition coefficient (Wildman–Crippen LogP) is 5.68. The molecule has 3 aromatic carbocycles. The Morgan fingerprint density at radius 2 is 1.51 bits per heavy atom. The molecule has 184 valence electrons. The van der Waals surface area contributed by atoms with Crippen LogP contribution in [-0.4, -0.2) is 20.9 Å². The molecule has 0 bridgehead atoms. The molecule has 1 atom stereocenters. The highest BCUT2D eigenvalue weighted by Gasteiger charge is 2.28. The van der Waals surface area contributed by atoms with E-state index in [9.17, 15) is 13.2 Å². The molecule has 5 nitrogen and oxygen atoms in total. The largest absolute Gasteiger partial charge is 0.348 e. The van der Waals surface area contributed by atoms with Crippen LogP contribution in [0.1, 0.15) is 67.0 Å². The van der Waals surface area contributed by atoms with Crippen LogP contribution < -0.4 is 9.62 Å². The number of benzene rings is 3.